The van der Waals surface area contributed by atoms with Gasteiger partial charge < -0.3 is 0 Å². The Hall–Kier alpha value is -3.36. The van der Waals surface area contributed by atoms with Gasteiger partial charge in [-0.05, 0) is 133 Å². The van der Waals surface area contributed by atoms with Crippen LogP contribution >= 0.6 is 68.0 Å². The Balaban J connectivity index is 1.13. The zero-order valence-electron chi connectivity index (χ0n) is 43.9. The van der Waals surface area contributed by atoms with Crippen LogP contribution in [0.5, 0.6) is 0 Å². The third-order valence-corrected chi connectivity index (χ3v) is 22.7. The average Bonchev–Trinajstić information content (AvgIpc) is 4.26. The number of aryl methyl sites for hydroxylation is 4. The molecule has 0 saturated carbocycles. The van der Waals surface area contributed by atoms with Crippen molar-refractivity contribution in [2.24, 2.45) is 0 Å². The molecule has 0 N–H and O–H groups in total. The van der Waals surface area contributed by atoms with Crippen molar-refractivity contribution >= 4 is 68.0 Å². The number of rotatable bonds is 30. The van der Waals surface area contributed by atoms with Gasteiger partial charge in [-0.25, -0.2) is 0 Å². The van der Waals surface area contributed by atoms with Crippen LogP contribution in [0.4, 0.5) is 0 Å². The van der Waals surface area contributed by atoms with Crippen LogP contribution in [0, 0.1) is 0 Å². The Bertz CT molecular complexity index is 2790. The van der Waals surface area contributed by atoms with E-state index in [1.807, 2.05) is 45.3 Å². The average molecular weight is 1050 g/mol. The van der Waals surface area contributed by atoms with Crippen molar-refractivity contribution in [2.45, 2.75) is 188 Å². The predicted octanol–water partition coefficient (Wildman–Crippen LogP) is 23.7. The second kappa shape index (κ2) is 27.3. The molecule has 0 atom stereocenters. The Morgan fingerprint density at radius 3 is 1.01 bits per heavy atom. The van der Waals surface area contributed by atoms with E-state index >= 15 is 0 Å². The van der Waals surface area contributed by atoms with Crippen molar-refractivity contribution in [3.63, 3.8) is 0 Å². The smallest absolute Gasteiger partial charge is 0.0481 e. The number of hydrogen-bond donors (Lipinski definition) is 0. The number of unbranched alkanes of at least 4 members (excludes halogenated alkanes) is 14. The van der Waals surface area contributed by atoms with Crippen LogP contribution in [0.1, 0.15) is 189 Å². The maximum atomic E-state index is 2.63. The summed E-state index contributed by atoms with van der Waals surface area (Å²) in [5, 5.41) is 0. The molecule has 8 rings (SSSR count). The molecule has 0 bridgehead atoms. The number of thiophene rings is 6. The van der Waals surface area contributed by atoms with Gasteiger partial charge in [-0.15, -0.1) is 68.0 Å². The third-order valence-electron chi connectivity index (χ3n) is 14.3. The largest absolute Gasteiger partial charge is 0.138 e. The van der Waals surface area contributed by atoms with Gasteiger partial charge in [0.15, 0.2) is 0 Å². The fourth-order valence-electron chi connectivity index (χ4n) is 10.3. The van der Waals surface area contributed by atoms with Gasteiger partial charge >= 0.3 is 0 Å². The third kappa shape index (κ3) is 14.1. The lowest BCUT2D eigenvalue weighted by atomic mass is 9.83. The molecular weight excluding hydrogens is 973 g/mol. The monoisotopic (exact) mass is 1050 g/mol. The summed E-state index contributed by atoms with van der Waals surface area (Å²) in [6.07, 6.45) is 28.1. The van der Waals surface area contributed by atoms with Gasteiger partial charge in [0.25, 0.3) is 0 Å². The van der Waals surface area contributed by atoms with Gasteiger partial charge in [0.1, 0.15) is 0 Å². The van der Waals surface area contributed by atoms with Gasteiger partial charge in [0.2, 0.25) is 0 Å². The highest BCUT2D eigenvalue weighted by Gasteiger charge is 2.33. The van der Waals surface area contributed by atoms with Crippen LogP contribution in [0.15, 0.2) is 109 Å². The summed E-state index contributed by atoms with van der Waals surface area (Å²) in [7, 11) is 0. The van der Waals surface area contributed by atoms with E-state index in [4.69, 9.17) is 0 Å². The minimum Gasteiger partial charge on any atom is -0.138 e. The molecule has 0 aliphatic heterocycles. The molecule has 0 nitrogen and oxygen atoms in total. The summed E-state index contributed by atoms with van der Waals surface area (Å²) in [5.74, 6) is 0. The molecule has 0 unspecified atom stereocenters. The molecule has 376 valence electrons. The Morgan fingerprint density at radius 1 is 0.296 bits per heavy atom. The van der Waals surface area contributed by atoms with Crippen molar-refractivity contribution in [1.82, 2.24) is 0 Å². The standard InChI is InChI=1S/C65H80S6/c1-7-11-15-19-20-26-38-52-46-60(54-40-42-56(67-54)62-50(36-24-17-13-9-3)44-58(69-62)48-33-29-22-30-34-48)71-64(52)65(5,6)63-51(37-25-18-14-10-4)45-59(70-63)53-39-41-55(66-53)61-49(35-23-16-12-8-2)43-57(68-61)47-31-27-21-28-32-47/h21-22,27-34,39-46H,7-20,23-26,35-38H2,1-6H3. The van der Waals surface area contributed by atoms with Gasteiger partial charge in [-0.2, -0.15) is 0 Å². The summed E-state index contributed by atoms with van der Waals surface area (Å²) < 4.78 is 0. The van der Waals surface area contributed by atoms with Crippen molar-refractivity contribution < 1.29 is 0 Å². The SMILES string of the molecule is CCCCCCCCc1cc(-c2ccc(-c3sc(-c4ccccc4)cc3CCCCCC)s2)sc1C(C)(C)c1sc(-c2ccc(-c3sc(-c4ccccc4)cc3CCCCCC)s2)cc1CCCCCC. The minimum absolute atomic E-state index is 0.0996. The highest BCUT2D eigenvalue weighted by Crippen LogP contribution is 2.52. The van der Waals surface area contributed by atoms with Crippen LogP contribution in [0.25, 0.3) is 59.9 Å². The fraction of sp³-hybridized carbons (Fsp3) is 0.446. The quantitative estimate of drug-likeness (QED) is 0.0394. The van der Waals surface area contributed by atoms with Gasteiger partial charge in [-0.1, -0.05) is 192 Å². The summed E-state index contributed by atoms with van der Waals surface area (Å²) in [5.41, 5.74) is 8.80. The Labute approximate surface area is 453 Å². The molecule has 6 heterocycles. The molecule has 0 spiro atoms. The van der Waals surface area contributed by atoms with Gasteiger partial charge in [-0.3, -0.25) is 0 Å². The van der Waals surface area contributed by atoms with Crippen molar-refractivity contribution in [2.75, 3.05) is 0 Å². The van der Waals surface area contributed by atoms with E-state index in [1.165, 1.54) is 187 Å². The Morgan fingerprint density at radius 2 is 0.620 bits per heavy atom. The molecule has 0 fully saturated rings. The zero-order valence-corrected chi connectivity index (χ0v) is 48.8. The number of hydrogen-bond acceptors (Lipinski definition) is 6. The summed E-state index contributed by atoms with van der Waals surface area (Å²) >= 11 is 12.3. The highest BCUT2D eigenvalue weighted by atomic mass is 32.1. The van der Waals surface area contributed by atoms with Crippen LogP contribution < -0.4 is 0 Å². The summed E-state index contributed by atoms with van der Waals surface area (Å²) in [6, 6.07) is 42.1. The van der Waals surface area contributed by atoms with E-state index in [1.54, 1.807) is 20.9 Å². The van der Waals surface area contributed by atoms with Crippen LogP contribution in [0.2, 0.25) is 0 Å². The van der Waals surface area contributed by atoms with Crippen molar-refractivity contribution in [1.29, 1.82) is 0 Å². The van der Waals surface area contributed by atoms with E-state index in [0.29, 0.717) is 0 Å². The van der Waals surface area contributed by atoms with E-state index < -0.39 is 0 Å². The van der Waals surface area contributed by atoms with Gasteiger partial charge in [0, 0.05) is 63.9 Å². The van der Waals surface area contributed by atoms with Crippen LogP contribution in [-0.2, 0) is 31.1 Å². The maximum absolute atomic E-state index is 2.63. The van der Waals surface area contributed by atoms with Crippen molar-refractivity contribution in [3.8, 4) is 59.9 Å². The predicted molar refractivity (Wildman–Crippen MR) is 326 cm³/mol. The van der Waals surface area contributed by atoms with Crippen LogP contribution in [0.3, 0.4) is 0 Å². The van der Waals surface area contributed by atoms with E-state index in [0.717, 1.165) is 25.7 Å². The molecule has 6 heteroatoms. The molecule has 71 heavy (non-hydrogen) atoms. The minimum atomic E-state index is -0.0996. The van der Waals surface area contributed by atoms with E-state index in [9.17, 15) is 0 Å². The molecule has 0 amide bonds. The first-order valence-corrected chi connectivity index (χ1v) is 32.5. The Kier molecular flexibility index (Phi) is 20.7. The van der Waals surface area contributed by atoms with E-state index in [-0.39, 0.29) is 5.41 Å². The second-order valence-electron chi connectivity index (χ2n) is 20.5. The van der Waals surface area contributed by atoms with E-state index in [2.05, 4.69) is 173 Å². The lowest BCUT2D eigenvalue weighted by Crippen LogP contribution is -2.19. The molecule has 0 aliphatic carbocycles. The van der Waals surface area contributed by atoms with Crippen molar-refractivity contribution in [3.05, 3.63) is 141 Å². The van der Waals surface area contributed by atoms with Gasteiger partial charge in [0.05, 0.1) is 0 Å². The molecule has 0 aliphatic rings. The second-order valence-corrected chi connectivity index (χ2v) is 26.9. The summed E-state index contributed by atoms with van der Waals surface area (Å²) in [4.78, 5) is 17.5. The first kappa shape index (κ1) is 53.9. The first-order valence-electron chi connectivity index (χ1n) is 27.6. The summed E-state index contributed by atoms with van der Waals surface area (Å²) in [6.45, 7) is 14.4. The lowest BCUT2D eigenvalue weighted by Gasteiger charge is -2.26. The molecule has 6 aromatic heterocycles. The topological polar surface area (TPSA) is 0 Å². The molecular formula is C65H80S6. The molecule has 8 aromatic rings. The molecule has 0 saturated heterocycles. The molecule has 2 aromatic carbocycles. The normalized spacial score (nSPS) is 11.9. The zero-order chi connectivity index (χ0) is 49.4. The number of benzene rings is 2. The molecule has 0 radical (unpaired) electrons. The highest BCUT2D eigenvalue weighted by molar-refractivity contribution is 7.28. The fourth-order valence-corrected chi connectivity index (χ4v) is 17.9. The first-order chi connectivity index (χ1) is 34.8. The maximum Gasteiger partial charge on any atom is 0.0481 e. The lowest BCUT2D eigenvalue weighted by molar-refractivity contribution is 0.599. The van der Waals surface area contributed by atoms with Crippen LogP contribution in [-0.4, -0.2) is 0 Å².